The Kier molecular flexibility index (Phi) is 6.85. The number of aryl methyl sites for hydroxylation is 1. The molecule has 1 saturated heterocycles. The number of amides is 1. The maximum absolute atomic E-state index is 12.2. The van der Waals surface area contributed by atoms with Gasteiger partial charge in [-0.1, -0.05) is 30.7 Å². The lowest BCUT2D eigenvalue weighted by Crippen LogP contribution is -2.44. The number of fused-ring (bicyclic) bond motifs is 1. The summed E-state index contributed by atoms with van der Waals surface area (Å²) >= 11 is 6.76. The number of likely N-dealkylation sites (tertiary alicyclic amines) is 1. The number of primary amides is 1. The molecule has 1 saturated carbocycles. The smallest absolute Gasteiger partial charge is 0.267 e. The molecule has 0 bridgehead atoms. The second-order valence-corrected chi connectivity index (χ2v) is 12.0. The number of piperidine rings is 1. The summed E-state index contributed by atoms with van der Waals surface area (Å²) in [5, 5.41) is 18.4. The number of rotatable bonds is 7. The maximum atomic E-state index is 12.2. The second kappa shape index (κ2) is 10.3. The molecule has 2 fully saturated rings. The fraction of sp³-hybridized carbons (Fsp3) is 0.433. The molecular weight excluding hydrogens is 524 g/mol. The van der Waals surface area contributed by atoms with Gasteiger partial charge in [-0.2, -0.15) is 5.26 Å². The van der Waals surface area contributed by atoms with Crippen molar-refractivity contribution in [2.75, 3.05) is 13.1 Å². The Morgan fingerprint density at radius 1 is 1.30 bits per heavy atom. The van der Waals surface area contributed by atoms with Crippen LogP contribution in [0, 0.1) is 23.2 Å². The molecule has 4 heterocycles. The highest BCUT2D eigenvalue weighted by molar-refractivity contribution is 6.35. The molecule has 2 N–H and O–H groups in total. The number of nitriles is 1. The molecule has 1 amide bonds. The number of carbonyl (C=O) groups is 1. The fourth-order valence-electron chi connectivity index (χ4n) is 6.80. The zero-order chi connectivity index (χ0) is 28.0. The van der Waals surface area contributed by atoms with Gasteiger partial charge in [0.25, 0.3) is 5.91 Å². The first-order valence-electron chi connectivity index (χ1n) is 13.8. The average Bonchev–Trinajstić information content (AvgIpc) is 3.49. The number of halogens is 1. The van der Waals surface area contributed by atoms with Crippen LogP contribution in [0.25, 0.3) is 16.7 Å². The molecule has 0 unspecified atom stereocenters. The van der Waals surface area contributed by atoms with E-state index >= 15 is 0 Å². The van der Waals surface area contributed by atoms with Crippen molar-refractivity contribution < 1.29 is 4.79 Å². The van der Waals surface area contributed by atoms with E-state index in [1.54, 1.807) is 6.33 Å². The van der Waals surface area contributed by atoms with Crippen LogP contribution in [0.1, 0.15) is 66.5 Å². The number of hydrogen-bond acceptors (Lipinski definition) is 6. The lowest BCUT2D eigenvalue weighted by molar-refractivity contribution is 0.0995. The predicted molar refractivity (Wildman–Crippen MR) is 153 cm³/mol. The number of benzene rings is 1. The summed E-state index contributed by atoms with van der Waals surface area (Å²) in [5.74, 6) is 1.28. The van der Waals surface area contributed by atoms with Gasteiger partial charge >= 0.3 is 0 Å². The Morgan fingerprint density at radius 3 is 2.83 bits per heavy atom. The average molecular weight is 557 g/mol. The van der Waals surface area contributed by atoms with Crippen LogP contribution in [0.15, 0.2) is 42.9 Å². The van der Waals surface area contributed by atoms with Crippen LogP contribution < -0.4 is 5.73 Å². The monoisotopic (exact) mass is 556 g/mol. The van der Waals surface area contributed by atoms with Gasteiger partial charge in [0.1, 0.15) is 23.4 Å². The van der Waals surface area contributed by atoms with Gasteiger partial charge < -0.3 is 14.9 Å². The molecular formula is C30H33ClN8O. The van der Waals surface area contributed by atoms with Crippen molar-refractivity contribution in [2.24, 2.45) is 24.6 Å². The zero-order valence-electron chi connectivity index (χ0n) is 22.8. The van der Waals surface area contributed by atoms with E-state index < -0.39 is 5.91 Å². The molecule has 3 aromatic heterocycles. The molecule has 40 heavy (non-hydrogen) atoms. The van der Waals surface area contributed by atoms with E-state index in [2.05, 4.69) is 61.9 Å². The van der Waals surface area contributed by atoms with E-state index in [4.69, 9.17) is 17.3 Å². The van der Waals surface area contributed by atoms with E-state index in [9.17, 15) is 10.1 Å². The van der Waals surface area contributed by atoms with Gasteiger partial charge in [0.05, 0.1) is 22.0 Å². The summed E-state index contributed by atoms with van der Waals surface area (Å²) < 4.78 is 4.06. The summed E-state index contributed by atoms with van der Waals surface area (Å²) in [4.78, 5) is 19.2. The number of hydrogen-bond donors (Lipinski definition) is 1. The minimum absolute atomic E-state index is 0.222. The number of nitrogens with two attached hydrogens (primary N) is 1. The lowest BCUT2D eigenvalue weighted by Gasteiger charge is -2.46. The topological polar surface area (TPSA) is 119 Å². The van der Waals surface area contributed by atoms with Crippen LogP contribution in [0.5, 0.6) is 0 Å². The third-order valence-corrected chi connectivity index (χ3v) is 8.92. The molecule has 1 aliphatic carbocycles. The standard InChI is InChI=1S/C30H33ClN8O/c1-19-5-4-10-38(15-19)16-21-11-25(28(33)40)35-26-24(31)17-39(27(21)26)23-7-3-6-22(12-23)30(13-20(14-30)8-9-32)29-36-34-18-37(29)2/h3,6-7,11-12,17-20H,4-5,8,10,13-16H2,1-2H3,(H2,33,40)/t19-,20?,30?/m0/s1. The molecule has 2 aliphatic rings. The second-order valence-electron chi connectivity index (χ2n) is 11.6. The number of nitrogens with zero attached hydrogens (tertiary/aromatic N) is 7. The first-order valence-corrected chi connectivity index (χ1v) is 14.2. The molecule has 9 nitrogen and oxygen atoms in total. The molecule has 206 valence electrons. The summed E-state index contributed by atoms with van der Waals surface area (Å²) in [6.07, 6.45) is 8.19. The van der Waals surface area contributed by atoms with Crippen LogP contribution in [0.2, 0.25) is 5.02 Å². The Bertz CT molecular complexity index is 1630. The van der Waals surface area contributed by atoms with Crippen LogP contribution in [-0.2, 0) is 19.0 Å². The molecule has 4 aromatic rings. The Balaban J connectivity index is 1.47. The zero-order valence-corrected chi connectivity index (χ0v) is 23.6. The summed E-state index contributed by atoms with van der Waals surface area (Å²) in [6.45, 7) is 4.98. The van der Waals surface area contributed by atoms with Crippen molar-refractivity contribution >= 4 is 28.5 Å². The van der Waals surface area contributed by atoms with Crippen LogP contribution in [-0.4, -0.2) is 48.2 Å². The third-order valence-electron chi connectivity index (χ3n) is 8.64. The van der Waals surface area contributed by atoms with E-state index in [0.717, 1.165) is 60.5 Å². The molecule has 0 spiro atoms. The van der Waals surface area contributed by atoms with Crippen LogP contribution >= 0.6 is 11.6 Å². The van der Waals surface area contributed by atoms with Gasteiger partial charge in [0, 0.05) is 38.4 Å². The highest BCUT2D eigenvalue weighted by atomic mass is 35.5. The molecule has 0 radical (unpaired) electrons. The molecule has 6 rings (SSSR count). The SMILES string of the molecule is C[C@H]1CCCN(Cc2cc(C(N)=O)nc3c(Cl)cn(-c4cccc(C5(c6nncn6C)CC(CC#N)C5)c4)c23)C1. The van der Waals surface area contributed by atoms with Gasteiger partial charge in [-0.15, -0.1) is 10.2 Å². The Morgan fingerprint density at radius 2 is 2.12 bits per heavy atom. The van der Waals surface area contributed by atoms with Gasteiger partial charge in [-0.3, -0.25) is 9.69 Å². The Labute approximate surface area is 238 Å². The van der Waals surface area contributed by atoms with Gasteiger partial charge in [-0.05, 0) is 73.4 Å². The maximum Gasteiger partial charge on any atom is 0.267 e. The highest BCUT2D eigenvalue weighted by Gasteiger charge is 2.49. The van der Waals surface area contributed by atoms with Crippen molar-refractivity contribution in [2.45, 2.75) is 51.0 Å². The molecule has 10 heteroatoms. The number of carbonyl (C=O) groups excluding carboxylic acids is 1. The van der Waals surface area contributed by atoms with Crippen molar-refractivity contribution in [3.05, 3.63) is 70.5 Å². The normalized spacial score (nSPS) is 23.1. The third kappa shape index (κ3) is 4.55. The molecule has 1 aliphatic heterocycles. The number of aromatic nitrogens is 5. The summed E-state index contributed by atoms with van der Waals surface area (Å²) in [7, 11) is 1.97. The van der Waals surface area contributed by atoms with E-state index in [-0.39, 0.29) is 11.1 Å². The summed E-state index contributed by atoms with van der Waals surface area (Å²) in [5.41, 5.74) is 10.1. The number of pyridine rings is 1. The van der Waals surface area contributed by atoms with E-state index in [0.29, 0.717) is 35.3 Å². The van der Waals surface area contributed by atoms with E-state index in [1.165, 1.54) is 6.42 Å². The minimum atomic E-state index is -0.566. The van der Waals surface area contributed by atoms with Crippen LogP contribution in [0.3, 0.4) is 0 Å². The first-order chi connectivity index (χ1) is 19.3. The minimum Gasteiger partial charge on any atom is -0.364 e. The predicted octanol–water partition coefficient (Wildman–Crippen LogP) is 4.75. The van der Waals surface area contributed by atoms with Crippen molar-refractivity contribution in [1.82, 2.24) is 29.2 Å². The van der Waals surface area contributed by atoms with Gasteiger partial charge in [0.15, 0.2) is 0 Å². The van der Waals surface area contributed by atoms with Crippen molar-refractivity contribution in [3.8, 4) is 11.8 Å². The van der Waals surface area contributed by atoms with E-state index in [1.807, 2.05) is 23.9 Å². The molecule has 1 aromatic carbocycles. The van der Waals surface area contributed by atoms with Gasteiger partial charge in [0.2, 0.25) is 0 Å². The van der Waals surface area contributed by atoms with Crippen LogP contribution in [0.4, 0.5) is 0 Å². The lowest BCUT2D eigenvalue weighted by atomic mass is 9.57. The largest absolute Gasteiger partial charge is 0.364 e. The van der Waals surface area contributed by atoms with Crippen molar-refractivity contribution in [3.63, 3.8) is 0 Å². The first kappa shape index (κ1) is 26.5. The van der Waals surface area contributed by atoms with Gasteiger partial charge in [-0.25, -0.2) is 4.98 Å². The fourth-order valence-corrected chi connectivity index (χ4v) is 7.03. The Hall–Kier alpha value is -3.74. The molecule has 1 atom stereocenters. The highest BCUT2D eigenvalue weighted by Crippen LogP contribution is 2.53. The quantitative estimate of drug-likeness (QED) is 0.351. The summed E-state index contributed by atoms with van der Waals surface area (Å²) in [6, 6.07) is 12.6. The van der Waals surface area contributed by atoms with Crippen molar-refractivity contribution in [1.29, 1.82) is 5.26 Å².